The quantitative estimate of drug-likeness (QED) is 0.760. The number of nitrogens with zero attached hydrogens (tertiary/aromatic N) is 2. The maximum atomic E-state index is 12.5. The van der Waals surface area contributed by atoms with Crippen molar-refractivity contribution in [1.29, 1.82) is 0 Å². The van der Waals surface area contributed by atoms with Crippen LogP contribution in [0.2, 0.25) is 0 Å². The Morgan fingerprint density at radius 3 is 2.43 bits per heavy atom. The van der Waals surface area contributed by atoms with Crippen LogP contribution in [0.4, 0.5) is 30.5 Å². The monoisotopic (exact) mass is 326 g/mol. The fourth-order valence-corrected chi connectivity index (χ4v) is 1.85. The predicted octanol–water partition coefficient (Wildman–Crippen LogP) is 3.69. The number of methoxy groups -OCH3 is 1. The van der Waals surface area contributed by atoms with E-state index < -0.39 is 11.7 Å². The van der Waals surface area contributed by atoms with Gasteiger partial charge >= 0.3 is 6.18 Å². The fourth-order valence-electron chi connectivity index (χ4n) is 1.85. The molecule has 0 amide bonds. The number of hydrogen-bond acceptors (Lipinski definition) is 5. The number of alkyl halides is 3. The standard InChI is InChI=1S/C15H17F3N4O/c1-23-8-2-7-19-13-9-14(21-10-20-13)22-12-5-3-11(4-6-12)15(16,17)18/h3-6,9-10H,2,7-8H2,1H3,(H2,19,20,21,22). The Balaban J connectivity index is 1.97. The molecule has 0 fully saturated rings. The Kier molecular flexibility index (Phi) is 5.75. The first-order valence-electron chi connectivity index (χ1n) is 6.98. The van der Waals surface area contributed by atoms with Crippen LogP contribution in [0, 0.1) is 0 Å². The zero-order valence-electron chi connectivity index (χ0n) is 12.5. The minimum atomic E-state index is -4.34. The number of aromatic nitrogens is 2. The Labute approximate surface area is 131 Å². The lowest BCUT2D eigenvalue weighted by atomic mass is 10.2. The molecular weight excluding hydrogens is 309 g/mol. The molecule has 1 aromatic heterocycles. The van der Waals surface area contributed by atoms with Crippen LogP contribution in [0.25, 0.3) is 0 Å². The van der Waals surface area contributed by atoms with Crippen LogP contribution in [0.3, 0.4) is 0 Å². The van der Waals surface area contributed by atoms with E-state index in [0.29, 0.717) is 30.5 Å². The van der Waals surface area contributed by atoms with Crippen LogP contribution in [0.5, 0.6) is 0 Å². The highest BCUT2D eigenvalue weighted by molar-refractivity contribution is 5.59. The molecule has 0 saturated heterocycles. The van der Waals surface area contributed by atoms with E-state index in [2.05, 4.69) is 20.6 Å². The van der Waals surface area contributed by atoms with Crippen LogP contribution in [-0.4, -0.2) is 30.2 Å². The van der Waals surface area contributed by atoms with E-state index in [1.54, 1.807) is 13.2 Å². The lowest BCUT2D eigenvalue weighted by Gasteiger charge is -2.10. The summed E-state index contributed by atoms with van der Waals surface area (Å²) in [5, 5.41) is 6.06. The van der Waals surface area contributed by atoms with E-state index in [1.807, 2.05) is 0 Å². The van der Waals surface area contributed by atoms with Crippen molar-refractivity contribution in [2.24, 2.45) is 0 Å². The van der Waals surface area contributed by atoms with Crippen molar-refractivity contribution < 1.29 is 17.9 Å². The molecular formula is C15H17F3N4O. The SMILES string of the molecule is COCCCNc1cc(Nc2ccc(C(F)(F)F)cc2)ncn1. The van der Waals surface area contributed by atoms with Gasteiger partial charge in [0.2, 0.25) is 0 Å². The van der Waals surface area contributed by atoms with Crippen molar-refractivity contribution in [3.63, 3.8) is 0 Å². The van der Waals surface area contributed by atoms with Crippen molar-refractivity contribution >= 4 is 17.3 Å². The molecule has 1 heterocycles. The van der Waals surface area contributed by atoms with Crippen molar-refractivity contribution in [3.05, 3.63) is 42.2 Å². The summed E-state index contributed by atoms with van der Waals surface area (Å²) >= 11 is 0. The van der Waals surface area contributed by atoms with Crippen molar-refractivity contribution in [3.8, 4) is 0 Å². The zero-order valence-corrected chi connectivity index (χ0v) is 12.5. The number of nitrogens with one attached hydrogen (secondary N) is 2. The lowest BCUT2D eigenvalue weighted by molar-refractivity contribution is -0.137. The molecule has 0 spiro atoms. The first kappa shape index (κ1) is 17.0. The van der Waals surface area contributed by atoms with Crippen LogP contribution in [0.15, 0.2) is 36.7 Å². The Hall–Kier alpha value is -2.35. The van der Waals surface area contributed by atoms with E-state index >= 15 is 0 Å². The predicted molar refractivity (Wildman–Crippen MR) is 81.7 cm³/mol. The number of halogens is 3. The summed E-state index contributed by atoms with van der Waals surface area (Å²) in [5.74, 6) is 1.12. The van der Waals surface area contributed by atoms with Gasteiger partial charge in [-0.15, -0.1) is 0 Å². The number of benzene rings is 1. The molecule has 0 unspecified atom stereocenters. The molecule has 2 rings (SSSR count). The van der Waals surface area contributed by atoms with E-state index in [9.17, 15) is 13.2 Å². The van der Waals surface area contributed by atoms with Crippen molar-refractivity contribution in [2.45, 2.75) is 12.6 Å². The third-order valence-corrected chi connectivity index (χ3v) is 2.98. The third kappa shape index (κ3) is 5.41. The largest absolute Gasteiger partial charge is 0.416 e. The van der Waals surface area contributed by atoms with Gasteiger partial charge in [0.1, 0.15) is 18.0 Å². The second-order valence-electron chi connectivity index (χ2n) is 4.76. The molecule has 0 atom stereocenters. The smallest absolute Gasteiger partial charge is 0.385 e. The average Bonchev–Trinajstić information content (AvgIpc) is 2.52. The number of anilines is 3. The molecule has 1 aromatic carbocycles. The van der Waals surface area contributed by atoms with Crippen LogP contribution >= 0.6 is 0 Å². The highest BCUT2D eigenvalue weighted by Crippen LogP contribution is 2.30. The number of hydrogen-bond donors (Lipinski definition) is 2. The van der Waals surface area contributed by atoms with Gasteiger partial charge in [0.15, 0.2) is 0 Å². The molecule has 8 heteroatoms. The molecule has 23 heavy (non-hydrogen) atoms. The Morgan fingerprint density at radius 2 is 1.78 bits per heavy atom. The van der Waals surface area contributed by atoms with Gasteiger partial charge in [-0.1, -0.05) is 0 Å². The summed E-state index contributed by atoms with van der Waals surface area (Å²) < 4.78 is 42.5. The van der Waals surface area contributed by atoms with E-state index in [-0.39, 0.29) is 0 Å². The van der Waals surface area contributed by atoms with Crippen molar-refractivity contribution in [2.75, 3.05) is 30.9 Å². The third-order valence-electron chi connectivity index (χ3n) is 2.98. The zero-order chi connectivity index (χ0) is 16.7. The van der Waals surface area contributed by atoms with Gasteiger partial charge in [0, 0.05) is 32.0 Å². The van der Waals surface area contributed by atoms with E-state index in [1.165, 1.54) is 18.5 Å². The van der Waals surface area contributed by atoms with Gasteiger partial charge in [0.25, 0.3) is 0 Å². The van der Waals surface area contributed by atoms with Crippen molar-refractivity contribution in [1.82, 2.24) is 9.97 Å². The summed E-state index contributed by atoms with van der Waals surface area (Å²) in [5.41, 5.74) is -0.173. The van der Waals surface area contributed by atoms with Gasteiger partial charge in [-0.3, -0.25) is 0 Å². The minimum Gasteiger partial charge on any atom is -0.385 e. The summed E-state index contributed by atoms with van der Waals surface area (Å²) in [6.07, 6.45) is -2.13. The fraction of sp³-hybridized carbons (Fsp3) is 0.333. The molecule has 0 aliphatic carbocycles. The highest BCUT2D eigenvalue weighted by Gasteiger charge is 2.29. The Bertz CT molecular complexity index is 617. The van der Waals surface area contributed by atoms with Crippen LogP contribution in [-0.2, 0) is 10.9 Å². The second-order valence-corrected chi connectivity index (χ2v) is 4.76. The van der Waals surface area contributed by atoms with Crippen LogP contribution < -0.4 is 10.6 Å². The molecule has 2 aromatic rings. The maximum absolute atomic E-state index is 12.5. The van der Waals surface area contributed by atoms with Crippen LogP contribution in [0.1, 0.15) is 12.0 Å². The Morgan fingerprint density at radius 1 is 1.09 bits per heavy atom. The topological polar surface area (TPSA) is 59.1 Å². The average molecular weight is 326 g/mol. The summed E-state index contributed by atoms with van der Waals surface area (Å²) in [7, 11) is 1.64. The molecule has 5 nitrogen and oxygen atoms in total. The first-order chi connectivity index (χ1) is 11.0. The minimum absolute atomic E-state index is 0.494. The molecule has 2 N–H and O–H groups in total. The van der Waals surface area contributed by atoms with Gasteiger partial charge in [-0.2, -0.15) is 13.2 Å². The molecule has 0 radical (unpaired) electrons. The maximum Gasteiger partial charge on any atom is 0.416 e. The summed E-state index contributed by atoms with van der Waals surface area (Å²) in [6.45, 7) is 1.35. The number of ether oxygens (including phenoxy) is 1. The molecule has 0 aliphatic heterocycles. The molecule has 124 valence electrons. The summed E-state index contributed by atoms with van der Waals surface area (Å²) in [4.78, 5) is 8.11. The second kappa shape index (κ2) is 7.77. The van der Waals surface area contributed by atoms with Gasteiger partial charge < -0.3 is 15.4 Å². The highest BCUT2D eigenvalue weighted by atomic mass is 19.4. The molecule has 0 bridgehead atoms. The van der Waals surface area contributed by atoms with Gasteiger partial charge in [-0.25, -0.2) is 9.97 Å². The van der Waals surface area contributed by atoms with E-state index in [0.717, 1.165) is 18.6 Å². The lowest BCUT2D eigenvalue weighted by Crippen LogP contribution is -2.07. The molecule has 0 aliphatic rings. The normalized spacial score (nSPS) is 11.3. The number of rotatable bonds is 7. The van der Waals surface area contributed by atoms with Gasteiger partial charge in [0.05, 0.1) is 5.56 Å². The summed E-state index contributed by atoms with van der Waals surface area (Å²) in [6, 6.07) is 6.44. The first-order valence-corrected chi connectivity index (χ1v) is 6.98. The van der Waals surface area contributed by atoms with Gasteiger partial charge in [-0.05, 0) is 30.7 Å². The molecule has 0 saturated carbocycles. The van der Waals surface area contributed by atoms with E-state index in [4.69, 9.17) is 4.74 Å².